The maximum atomic E-state index is 12.7. The van der Waals surface area contributed by atoms with Gasteiger partial charge in [0.25, 0.3) is 0 Å². The molecule has 2 N–H and O–H groups in total. The van der Waals surface area contributed by atoms with Crippen LogP contribution < -0.4 is 10.6 Å². The van der Waals surface area contributed by atoms with Gasteiger partial charge in [0, 0.05) is 19.6 Å². The van der Waals surface area contributed by atoms with Gasteiger partial charge in [0.15, 0.2) is 0 Å². The van der Waals surface area contributed by atoms with Crippen LogP contribution in [0.1, 0.15) is 36.6 Å². The van der Waals surface area contributed by atoms with E-state index in [1.54, 1.807) is 19.2 Å². The lowest BCUT2D eigenvalue weighted by Gasteiger charge is -2.27. The first kappa shape index (κ1) is 21.1. The van der Waals surface area contributed by atoms with Gasteiger partial charge in [-0.05, 0) is 37.1 Å². The van der Waals surface area contributed by atoms with Crippen LogP contribution in [-0.4, -0.2) is 36.3 Å². The van der Waals surface area contributed by atoms with Crippen LogP contribution in [0.3, 0.4) is 0 Å². The summed E-state index contributed by atoms with van der Waals surface area (Å²) in [5, 5.41) is 14.4. The molecular weight excluding hydrogens is 352 g/mol. The fourth-order valence-electron chi connectivity index (χ4n) is 2.82. The molecule has 28 heavy (non-hydrogen) atoms. The molecule has 6 heteroatoms. The Bertz CT molecular complexity index is 826. The molecule has 2 rings (SSSR count). The minimum atomic E-state index is -0.734. The van der Waals surface area contributed by atoms with E-state index in [4.69, 9.17) is 5.26 Å². The molecule has 0 aliphatic rings. The van der Waals surface area contributed by atoms with E-state index in [1.807, 2.05) is 61.2 Å². The van der Waals surface area contributed by atoms with Crippen molar-refractivity contribution in [2.24, 2.45) is 0 Å². The molecule has 2 amide bonds. The second kappa shape index (κ2) is 10.2. The van der Waals surface area contributed by atoms with Crippen molar-refractivity contribution in [3.8, 4) is 6.07 Å². The van der Waals surface area contributed by atoms with Crippen molar-refractivity contribution in [3.05, 3.63) is 71.3 Å². The van der Waals surface area contributed by atoms with E-state index in [0.717, 1.165) is 11.1 Å². The quantitative estimate of drug-likeness (QED) is 0.738. The highest BCUT2D eigenvalue weighted by Crippen LogP contribution is 2.14. The number of nitrogens with one attached hydrogen (secondary N) is 2. The van der Waals surface area contributed by atoms with Gasteiger partial charge in [-0.25, -0.2) is 0 Å². The van der Waals surface area contributed by atoms with E-state index in [9.17, 15) is 9.59 Å². The number of carbonyl (C=O) groups is 2. The molecule has 0 fully saturated rings. The van der Waals surface area contributed by atoms with Gasteiger partial charge in [0.05, 0.1) is 18.2 Å². The van der Waals surface area contributed by atoms with Gasteiger partial charge >= 0.3 is 0 Å². The van der Waals surface area contributed by atoms with E-state index in [0.29, 0.717) is 12.1 Å². The molecule has 0 aliphatic carbocycles. The van der Waals surface area contributed by atoms with Crippen LogP contribution in [0.2, 0.25) is 0 Å². The summed E-state index contributed by atoms with van der Waals surface area (Å²) in [5.74, 6) is -0.484. The van der Waals surface area contributed by atoms with Crippen LogP contribution in [0, 0.1) is 11.3 Å². The molecule has 0 saturated heterocycles. The summed E-state index contributed by atoms with van der Waals surface area (Å²) in [5.41, 5.74) is 2.36. The van der Waals surface area contributed by atoms with Crippen molar-refractivity contribution in [2.75, 3.05) is 13.6 Å². The molecule has 0 spiro atoms. The number of carbonyl (C=O) groups excluding carboxylic acids is 2. The van der Waals surface area contributed by atoms with Crippen molar-refractivity contribution in [1.82, 2.24) is 15.5 Å². The first-order valence-electron chi connectivity index (χ1n) is 9.23. The van der Waals surface area contributed by atoms with Crippen LogP contribution in [0.4, 0.5) is 0 Å². The summed E-state index contributed by atoms with van der Waals surface area (Å²) < 4.78 is 0. The molecule has 146 valence electrons. The Hall–Kier alpha value is -3.17. The van der Waals surface area contributed by atoms with Gasteiger partial charge in [-0.3, -0.25) is 14.5 Å². The number of benzene rings is 2. The van der Waals surface area contributed by atoms with Crippen LogP contribution in [0.15, 0.2) is 54.6 Å². The van der Waals surface area contributed by atoms with Gasteiger partial charge in [0.2, 0.25) is 11.8 Å². The molecule has 2 aromatic rings. The normalized spacial score (nSPS) is 11.7. The van der Waals surface area contributed by atoms with E-state index >= 15 is 0 Å². The minimum absolute atomic E-state index is 0.136. The molecule has 6 nitrogen and oxygen atoms in total. The highest BCUT2D eigenvalue weighted by molar-refractivity contribution is 5.89. The summed E-state index contributed by atoms with van der Waals surface area (Å²) >= 11 is 0. The summed E-state index contributed by atoms with van der Waals surface area (Å²) in [4.78, 5) is 26.9. The topological polar surface area (TPSA) is 85.2 Å². The first-order valence-corrected chi connectivity index (χ1v) is 9.23. The van der Waals surface area contributed by atoms with Gasteiger partial charge in [-0.1, -0.05) is 42.5 Å². The number of hydrogen-bond acceptors (Lipinski definition) is 4. The van der Waals surface area contributed by atoms with Crippen LogP contribution >= 0.6 is 0 Å². The van der Waals surface area contributed by atoms with E-state index < -0.39 is 6.04 Å². The van der Waals surface area contributed by atoms with E-state index in [1.165, 1.54) is 0 Å². The highest BCUT2D eigenvalue weighted by atomic mass is 16.2. The zero-order valence-corrected chi connectivity index (χ0v) is 16.5. The number of nitrogens with zero attached hydrogens (tertiary/aromatic N) is 2. The lowest BCUT2D eigenvalue weighted by atomic mass is 10.1. The Morgan fingerprint density at radius 1 is 1.07 bits per heavy atom. The summed E-state index contributed by atoms with van der Waals surface area (Å²) in [6.45, 7) is 4.78. The molecule has 0 aromatic heterocycles. The van der Waals surface area contributed by atoms with Gasteiger partial charge in [-0.2, -0.15) is 5.26 Å². The molecule has 1 atom stereocenters. The second-order valence-corrected chi connectivity index (χ2v) is 6.83. The zero-order chi connectivity index (χ0) is 20.5. The molecule has 0 radical (unpaired) electrons. The Morgan fingerprint density at radius 2 is 1.71 bits per heavy atom. The van der Waals surface area contributed by atoms with Crippen molar-refractivity contribution in [3.63, 3.8) is 0 Å². The average Bonchev–Trinajstić information content (AvgIpc) is 2.72. The summed E-state index contributed by atoms with van der Waals surface area (Å²) in [6.07, 6.45) is 0. The zero-order valence-electron chi connectivity index (χ0n) is 16.5. The fraction of sp³-hybridized carbons (Fsp3) is 0.318. The van der Waals surface area contributed by atoms with Crippen molar-refractivity contribution in [2.45, 2.75) is 32.5 Å². The molecular formula is C22H26N4O2. The van der Waals surface area contributed by atoms with Gasteiger partial charge in [-0.15, -0.1) is 0 Å². The van der Waals surface area contributed by atoms with E-state index in [-0.39, 0.29) is 24.4 Å². The third kappa shape index (κ3) is 5.93. The predicted molar refractivity (Wildman–Crippen MR) is 108 cm³/mol. The van der Waals surface area contributed by atoms with Crippen molar-refractivity contribution < 1.29 is 9.59 Å². The molecule has 0 saturated carbocycles. The molecule has 2 aromatic carbocycles. The second-order valence-electron chi connectivity index (χ2n) is 6.83. The fourth-order valence-corrected chi connectivity index (χ4v) is 2.82. The van der Waals surface area contributed by atoms with Gasteiger partial charge in [0.1, 0.15) is 6.04 Å². The van der Waals surface area contributed by atoms with Crippen molar-refractivity contribution in [1.29, 1.82) is 5.26 Å². The maximum Gasteiger partial charge on any atom is 0.246 e. The lowest BCUT2D eigenvalue weighted by Crippen LogP contribution is -2.45. The largest absolute Gasteiger partial charge is 0.357 e. The molecule has 1 unspecified atom stereocenters. The van der Waals surface area contributed by atoms with Crippen LogP contribution in [0.5, 0.6) is 0 Å². The molecule has 0 aliphatic heterocycles. The Labute approximate surface area is 166 Å². The number of likely N-dealkylation sites (N-methyl/N-ethyl adjacent to an activating group) is 1. The minimum Gasteiger partial charge on any atom is -0.357 e. The lowest BCUT2D eigenvalue weighted by molar-refractivity contribution is -0.129. The van der Waals surface area contributed by atoms with Crippen molar-refractivity contribution >= 4 is 11.8 Å². The highest BCUT2D eigenvalue weighted by Gasteiger charge is 2.23. The monoisotopic (exact) mass is 378 g/mol. The maximum absolute atomic E-state index is 12.7. The Kier molecular flexibility index (Phi) is 7.73. The summed E-state index contributed by atoms with van der Waals surface area (Å²) in [6, 6.07) is 18.0. The summed E-state index contributed by atoms with van der Waals surface area (Å²) in [7, 11) is 1.55. The third-order valence-electron chi connectivity index (χ3n) is 4.49. The molecule has 0 heterocycles. The third-order valence-corrected chi connectivity index (χ3v) is 4.49. The number of amides is 2. The smallest absolute Gasteiger partial charge is 0.246 e. The number of nitriles is 1. The van der Waals surface area contributed by atoms with Crippen LogP contribution in [0.25, 0.3) is 0 Å². The Morgan fingerprint density at radius 3 is 2.25 bits per heavy atom. The number of rotatable bonds is 8. The molecule has 0 bridgehead atoms. The van der Waals surface area contributed by atoms with Crippen LogP contribution in [-0.2, 0) is 16.1 Å². The SMILES string of the molecule is CNC(=O)C(NC(=O)CN(Cc1ccc(C#N)cc1)C(C)C)c1ccccc1. The average molecular weight is 378 g/mol. The number of hydrogen-bond donors (Lipinski definition) is 2. The Balaban J connectivity index is 2.07. The van der Waals surface area contributed by atoms with E-state index in [2.05, 4.69) is 16.7 Å². The first-order chi connectivity index (χ1) is 13.4. The van der Waals surface area contributed by atoms with Gasteiger partial charge < -0.3 is 10.6 Å². The standard InChI is InChI=1S/C22H26N4O2/c1-16(2)26(14-18-11-9-17(13-23)10-12-18)15-20(27)25-21(22(28)24-3)19-7-5-4-6-8-19/h4-12,16,21H,14-15H2,1-3H3,(H,24,28)(H,25,27). The predicted octanol–water partition coefficient (Wildman–Crippen LogP) is 2.37.